The van der Waals surface area contributed by atoms with Crippen molar-refractivity contribution in [1.29, 1.82) is 0 Å². The summed E-state index contributed by atoms with van der Waals surface area (Å²) in [7, 11) is 0. The molecule has 0 fully saturated rings. The zero-order valence-corrected chi connectivity index (χ0v) is 22.4. The van der Waals surface area contributed by atoms with E-state index in [0.717, 1.165) is 22.3 Å². The Morgan fingerprint density at radius 3 is 2.08 bits per heavy atom. The summed E-state index contributed by atoms with van der Waals surface area (Å²) in [5.74, 6) is -1.62. The van der Waals surface area contributed by atoms with E-state index in [4.69, 9.17) is 9.47 Å². The van der Waals surface area contributed by atoms with Crippen molar-refractivity contribution < 1.29 is 28.7 Å². The molecule has 2 aromatic rings. The molecule has 38 heavy (non-hydrogen) atoms. The normalized spacial score (nSPS) is 13.6. The molecule has 0 aliphatic heterocycles. The van der Waals surface area contributed by atoms with Crippen molar-refractivity contribution in [3.05, 3.63) is 59.7 Å². The van der Waals surface area contributed by atoms with Gasteiger partial charge in [0.15, 0.2) is 0 Å². The van der Waals surface area contributed by atoms with Crippen LogP contribution in [0.5, 0.6) is 0 Å². The van der Waals surface area contributed by atoms with Crippen LogP contribution in [0.25, 0.3) is 11.1 Å². The molecular weight excluding hydrogens is 486 g/mol. The van der Waals surface area contributed by atoms with Crippen molar-refractivity contribution >= 4 is 23.9 Å². The molecule has 2 aromatic carbocycles. The lowest BCUT2D eigenvalue weighted by molar-refractivity contribution is -0.150. The maximum atomic E-state index is 12.6. The van der Waals surface area contributed by atoms with Crippen LogP contribution in [0.15, 0.2) is 48.5 Å². The van der Waals surface area contributed by atoms with Gasteiger partial charge in [0.05, 0.1) is 12.5 Å². The van der Waals surface area contributed by atoms with Gasteiger partial charge in [0.2, 0.25) is 11.8 Å². The Balaban J connectivity index is 1.53. The largest absolute Gasteiger partial charge is 0.463 e. The Kier molecular flexibility index (Phi) is 10.3. The lowest BCUT2D eigenvalue weighted by Crippen LogP contribution is -2.51. The van der Waals surface area contributed by atoms with E-state index < -0.39 is 36.5 Å². The number of rotatable bonds is 12. The molecule has 0 saturated heterocycles. The van der Waals surface area contributed by atoms with E-state index in [1.807, 2.05) is 69.3 Å². The fourth-order valence-corrected chi connectivity index (χ4v) is 4.21. The average Bonchev–Trinajstić information content (AvgIpc) is 3.22. The van der Waals surface area contributed by atoms with Crippen molar-refractivity contribution in [3.8, 4) is 11.1 Å². The second kappa shape index (κ2) is 13.6. The highest BCUT2D eigenvalue weighted by molar-refractivity contribution is 5.92. The number of carbonyl (C=O) groups excluding carboxylic acids is 4. The van der Waals surface area contributed by atoms with Crippen molar-refractivity contribution in [2.75, 3.05) is 19.7 Å². The smallest absolute Gasteiger partial charge is 0.407 e. The molecule has 0 radical (unpaired) electrons. The van der Waals surface area contributed by atoms with E-state index in [-0.39, 0.29) is 31.0 Å². The summed E-state index contributed by atoms with van der Waals surface area (Å²) in [6.45, 7) is 7.59. The molecule has 1 aliphatic rings. The van der Waals surface area contributed by atoms with E-state index in [2.05, 4.69) is 16.0 Å². The Bertz CT molecular complexity index is 1100. The highest BCUT2D eigenvalue weighted by atomic mass is 16.5. The number of carbonyl (C=O) groups is 4. The molecule has 9 heteroatoms. The van der Waals surface area contributed by atoms with Gasteiger partial charge in [-0.1, -0.05) is 69.3 Å². The number of hydrogen-bond donors (Lipinski definition) is 3. The Morgan fingerprint density at radius 1 is 0.895 bits per heavy atom. The van der Waals surface area contributed by atoms with Crippen LogP contribution in [-0.4, -0.2) is 55.7 Å². The number of nitrogens with one attached hydrogen (secondary N) is 3. The number of hydrogen-bond acceptors (Lipinski definition) is 6. The zero-order chi connectivity index (χ0) is 27.7. The van der Waals surface area contributed by atoms with Gasteiger partial charge in [-0.15, -0.1) is 0 Å². The minimum atomic E-state index is -1.12. The summed E-state index contributed by atoms with van der Waals surface area (Å²) in [6, 6.07) is 14.9. The van der Waals surface area contributed by atoms with E-state index in [0.29, 0.717) is 13.0 Å². The predicted molar refractivity (Wildman–Crippen MR) is 143 cm³/mol. The van der Waals surface area contributed by atoms with Crippen LogP contribution in [-0.2, 0) is 23.9 Å². The van der Waals surface area contributed by atoms with E-state index in [1.54, 1.807) is 6.92 Å². The highest BCUT2D eigenvalue weighted by Gasteiger charge is 2.29. The second-order valence-corrected chi connectivity index (χ2v) is 9.85. The summed E-state index contributed by atoms with van der Waals surface area (Å²) in [6.07, 6.45) is -0.732. The zero-order valence-electron chi connectivity index (χ0n) is 22.4. The standard InChI is InChI=1S/C29H37N3O6/c1-5-19(4)38-27(34)14-25(28(35)30-15-18(2)3)32-26(33)16-31-29(36)37-17-24-22-12-8-6-10-20(22)21-11-7-9-13-23(21)24/h6-13,18-19,24-25H,5,14-17H2,1-4H3,(H,30,35)(H,31,36)(H,32,33)/t19?,25-/m0/s1. The first kappa shape index (κ1) is 28.7. The second-order valence-electron chi connectivity index (χ2n) is 9.85. The minimum absolute atomic E-state index is 0.104. The Hall–Kier alpha value is -3.88. The topological polar surface area (TPSA) is 123 Å². The van der Waals surface area contributed by atoms with Gasteiger partial charge in [-0.2, -0.15) is 0 Å². The monoisotopic (exact) mass is 523 g/mol. The number of esters is 1. The quantitative estimate of drug-likeness (QED) is 0.366. The molecular formula is C29H37N3O6. The van der Waals surface area contributed by atoms with Crippen molar-refractivity contribution in [3.63, 3.8) is 0 Å². The van der Waals surface area contributed by atoms with E-state index in [1.165, 1.54) is 0 Å². The summed E-state index contributed by atoms with van der Waals surface area (Å²) in [4.78, 5) is 49.8. The highest BCUT2D eigenvalue weighted by Crippen LogP contribution is 2.44. The molecule has 3 amide bonds. The molecule has 0 spiro atoms. The lowest BCUT2D eigenvalue weighted by Gasteiger charge is -2.20. The number of ether oxygens (including phenoxy) is 2. The van der Waals surface area contributed by atoms with Crippen molar-refractivity contribution in [2.24, 2.45) is 5.92 Å². The molecule has 9 nitrogen and oxygen atoms in total. The predicted octanol–water partition coefficient (Wildman–Crippen LogP) is 3.51. The molecule has 0 heterocycles. The van der Waals surface area contributed by atoms with Gasteiger partial charge in [0.1, 0.15) is 19.2 Å². The van der Waals surface area contributed by atoms with Gasteiger partial charge in [-0.05, 0) is 41.5 Å². The maximum absolute atomic E-state index is 12.6. The fourth-order valence-electron chi connectivity index (χ4n) is 4.21. The number of benzene rings is 2. The maximum Gasteiger partial charge on any atom is 0.407 e. The van der Waals surface area contributed by atoms with Gasteiger partial charge >= 0.3 is 12.1 Å². The van der Waals surface area contributed by atoms with Crippen molar-refractivity contribution in [1.82, 2.24) is 16.0 Å². The first-order valence-corrected chi connectivity index (χ1v) is 13.0. The van der Waals surface area contributed by atoms with Crippen LogP contribution in [0.1, 0.15) is 57.6 Å². The van der Waals surface area contributed by atoms with E-state index >= 15 is 0 Å². The van der Waals surface area contributed by atoms with Gasteiger partial charge < -0.3 is 25.4 Å². The Morgan fingerprint density at radius 2 is 1.50 bits per heavy atom. The van der Waals surface area contributed by atoms with Crippen LogP contribution in [0.4, 0.5) is 4.79 Å². The van der Waals surface area contributed by atoms with Gasteiger partial charge in [-0.3, -0.25) is 14.4 Å². The first-order chi connectivity index (χ1) is 18.2. The molecule has 2 atom stereocenters. The third kappa shape index (κ3) is 7.81. The Labute approximate surface area is 223 Å². The molecule has 0 aromatic heterocycles. The van der Waals surface area contributed by atoms with Crippen LogP contribution >= 0.6 is 0 Å². The van der Waals surface area contributed by atoms with Crippen LogP contribution < -0.4 is 16.0 Å². The SMILES string of the molecule is CCC(C)OC(=O)C[C@H](NC(=O)CNC(=O)OCC1c2ccccc2-c2ccccc21)C(=O)NCC(C)C. The fraction of sp³-hybridized carbons (Fsp3) is 0.448. The molecule has 1 aliphatic carbocycles. The van der Waals surface area contributed by atoms with Crippen molar-refractivity contribution in [2.45, 2.75) is 58.6 Å². The minimum Gasteiger partial charge on any atom is -0.463 e. The summed E-state index contributed by atoms with van der Waals surface area (Å²) < 4.78 is 10.7. The molecule has 3 N–H and O–H groups in total. The van der Waals surface area contributed by atoms with Gasteiger partial charge in [0.25, 0.3) is 0 Å². The number of alkyl carbamates (subject to hydrolysis) is 1. The average molecular weight is 524 g/mol. The summed E-state index contributed by atoms with van der Waals surface area (Å²) >= 11 is 0. The molecule has 1 unspecified atom stereocenters. The van der Waals surface area contributed by atoms with Gasteiger partial charge in [-0.25, -0.2) is 4.79 Å². The summed E-state index contributed by atoms with van der Waals surface area (Å²) in [5.41, 5.74) is 4.40. The summed E-state index contributed by atoms with van der Waals surface area (Å²) in [5, 5.41) is 7.66. The lowest BCUT2D eigenvalue weighted by atomic mass is 9.98. The third-order valence-electron chi connectivity index (χ3n) is 6.35. The molecule has 204 valence electrons. The van der Waals surface area contributed by atoms with Crippen LogP contribution in [0, 0.1) is 5.92 Å². The molecule has 0 saturated carbocycles. The molecule has 3 rings (SSSR count). The van der Waals surface area contributed by atoms with Gasteiger partial charge in [0, 0.05) is 12.5 Å². The number of amides is 3. The molecule has 0 bridgehead atoms. The van der Waals surface area contributed by atoms with E-state index in [9.17, 15) is 19.2 Å². The third-order valence-corrected chi connectivity index (χ3v) is 6.35. The first-order valence-electron chi connectivity index (χ1n) is 13.0. The van der Waals surface area contributed by atoms with Crippen LogP contribution in [0.3, 0.4) is 0 Å². The van der Waals surface area contributed by atoms with Crippen LogP contribution in [0.2, 0.25) is 0 Å². The number of fused-ring (bicyclic) bond motifs is 3.